The van der Waals surface area contributed by atoms with E-state index >= 15 is 0 Å². The van der Waals surface area contributed by atoms with Crippen molar-refractivity contribution < 1.29 is 33.0 Å². The molecule has 0 aromatic heterocycles. The zero-order valence-electron chi connectivity index (χ0n) is 16.7. The molecular weight excluding hydrogens is 375 g/mol. The Morgan fingerprint density at radius 1 is 1.15 bits per heavy atom. The topological polar surface area (TPSA) is 114 Å². The summed E-state index contributed by atoms with van der Waals surface area (Å²) in [4.78, 5) is 32.2. The Hall–Kier alpha value is -1.54. The molecule has 0 fully saturated rings. The molecule has 156 valence electrons. The molecule has 1 atom stereocenters. The molecule has 0 aliphatic heterocycles. The van der Waals surface area contributed by atoms with E-state index in [2.05, 4.69) is 16.5 Å². The van der Waals surface area contributed by atoms with Crippen molar-refractivity contribution in [1.29, 1.82) is 0 Å². The average molecular weight is 407 g/mol. The van der Waals surface area contributed by atoms with Crippen LogP contribution < -0.4 is 5.43 Å². The first kappa shape index (κ1) is 25.5. The summed E-state index contributed by atoms with van der Waals surface area (Å²) < 4.78 is 25.3. The zero-order valence-corrected chi connectivity index (χ0v) is 17.5. The van der Waals surface area contributed by atoms with Gasteiger partial charge in [-0.2, -0.15) is 0 Å². The van der Waals surface area contributed by atoms with Gasteiger partial charge in [0.15, 0.2) is 0 Å². The third kappa shape index (κ3) is 15.2. The van der Waals surface area contributed by atoms with E-state index in [4.69, 9.17) is 14.4 Å². The summed E-state index contributed by atoms with van der Waals surface area (Å²) in [6.07, 6.45) is 2.49. The minimum atomic E-state index is -2.55. The lowest BCUT2D eigenvalue weighted by atomic mass is 10.2. The maximum atomic E-state index is 12.3. The van der Waals surface area contributed by atoms with Gasteiger partial charge in [0.25, 0.3) is 0 Å². The van der Waals surface area contributed by atoms with Gasteiger partial charge in [0.2, 0.25) is 0 Å². The van der Waals surface area contributed by atoms with Gasteiger partial charge >= 0.3 is 20.3 Å². The van der Waals surface area contributed by atoms with Crippen LogP contribution in [-0.4, -0.2) is 53.9 Å². The standard InChI is InChI=1S/C17H31N2O7P/c1-14(2)15(20)24-13-10-18-19(16(21)26-17(3,4)5)11-8-6-7-9-12-25-27(22)23/h18H,1,6-13H2,2-5H3/p+1. The SMILES string of the molecule is C=C(C)C(=O)OCCNN(CCCCCCO[P+](=O)O)C(=O)OC(C)(C)C. The van der Waals surface area contributed by atoms with Crippen LogP contribution in [0.3, 0.4) is 0 Å². The third-order valence-electron chi connectivity index (χ3n) is 3.08. The highest BCUT2D eigenvalue weighted by Gasteiger charge is 2.22. The summed E-state index contributed by atoms with van der Waals surface area (Å²) in [5.74, 6) is -0.479. The number of ether oxygens (including phenoxy) is 2. The minimum absolute atomic E-state index is 0.0989. The van der Waals surface area contributed by atoms with Gasteiger partial charge in [-0.3, -0.25) is 0 Å². The van der Waals surface area contributed by atoms with Crippen molar-refractivity contribution >= 4 is 20.3 Å². The molecule has 0 aliphatic rings. The van der Waals surface area contributed by atoms with Crippen LogP contribution in [0.1, 0.15) is 53.4 Å². The predicted molar refractivity (Wildman–Crippen MR) is 101 cm³/mol. The van der Waals surface area contributed by atoms with Crippen molar-refractivity contribution in [2.24, 2.45) is 0 Å². The van der Waals surface area contributed by atoms with E-state index in [1.165, 1.54) is 5.01 Å². The molecule has 0 aromatic carbocycles. The number of hydrogen-bond donors (Lipinski definition) is 2. The molecule has 27 heavy (non-hydrogen) atoms. The van der Waals surface area contributed by atoms with E-state index < -0.39 is 25.9 Å². The Labute approximate surface area is 162 Å². The predicted octanol–water partition coefficient (Wildman–Crippen LogP) is 3.07. The van der Waals surface area contributed by atoms with E-state index in [-0.39, 0.29) is 19.8 Å². The van der Waals surface area contributed by atoms with E-state index in [1.54, 1.807) is 27.7 Å². The molecule has 0 saturated carbocycles. The molecule has 0 radical (unpaired) electrons. The monoisotopic (exact) mass is 407 g/mol. The maximum absolute atomic E-state index is 12.3. The summed E-state index contributed by atoms with van der Waals surface area (Å²) in [6.45, 7) is 11.4. The normalized spacial score (nSPS) is 11.7. The fourth-order valence-corrected chi connectivity index (χ4v) is 2.15. The van der Waals surface area contributed by atoms with Crippen LogP contribution >= 0.6 is 8.25 Å². The maximum Gasteiger partial charge on any atom is 0.694 e. The second kappa shape index (κ2) is 13.6. The summed E-state index contributed by atoms with van der Waals surface area (Å²) in [7, 11) is -2.55. The Morgan fingerprint density at radius 2 is 1.78 bits per heavy atom. The summed E-state index contributed by atoms with van der Waals surface area (Å²) >= 11 is 0. The van der Waals surface area contributed by atoms with Crippen molar-refractivity contribution in [2.75, 3.05) is 26.3 Å². The van der Waals surface area contributed by atoms with Crippen molar-refractivity contribution in [3.63, 3.8) is 0 Å². The van der Waals surface area contributed by atoms with E-state index in [9.17, 15) is 14.2 Å². The highest BCUT2D eigenvalue weighted by Crippen LogP contribution is 2.15. The molecule has 1 amide bonds. The largest absolute Gasteiger partial charge is 0.694 e. The first-order valence-corrected chi connectivity index (χ1v) is 10.0. The zero-order chi connectivity index (χ0) is 20.9. The molecule has 0 aliphatic carbocycles. The van der Waals surface area contributed by atoms with Gasteiger partial charge in [-0.1, -0.05) is 19.4 Å². The van der Waals surface area contributed by atoms with Crippen LogP contribution in [0.25, 0.3) is 0 Å². The molecule has 9 nitrogen and oxygen atoms in total. The van der Waals surface area contributed by atoms with Crippen LogP contribution in [0.4, 0.5) is 4.79 Å². The van der Waals surface area contributed by atoms with Crippen molar-refractivity contribution in [1.82, 2.24) is 10.4 Å². The fourth-order valence-electron chi connectivity index (χ4n) is 1.87. The average Bonchev–Trinajstić information content (AvgIpc) is 2.53. The Bertz CT molecular complexity index is 506. The van der Waals surface area contributed by atoms with Crippen molar-refractivity contribution in [3.8, 4) is 0 Å². The number of rotatable bonds is 13. The molecule has 2 N–H and O–H groups in total. The van der Waals surface area contributed by atoms with Gasteiger partial charge in [0, 0.05) is 23.2 Å². The molecule has 0 heterocycles. The van der Waals surface area contributed by atoms with Crippen LogP contribution in [0.2, 0.25) is 0 Å². The lowest BCUT2D eigenvalue weighted by Crippen LogP contribution is -2.47. The summed E-state index contributed by atoms with van der Waals surface area (Å²) in [5.41, 5.74) is 2.60. The van der Waals surface area contributed by atoms with Gasteiger partial charge in [-0.15, -0.1) is 9.42 Å². The molecule has 0 rings (SSSR count). The number of amides is 1. The Balaban J connectivity index is 4.28. The van der Waals surface area contributed by atoms with Crippen LogP contribution in [-0.2, 0) is 23.4 Å². The smallest absolute Gasteiger partial charge is 0.461 e. The molecule has 10 heteroatoms. The molecular formula is C17H32N2O7P+. The van der Waals surface area contributed by atoms with Gasteiger partial charge in [0.05, 0.1) is 0 Å². The number of hydrazine groups is 1. The Kier molecular flexibility index (Phi) is 12.8. The summed E-state index contributed by atoms with van der Waals surface area (Å²) in [6, 6.07) is 0. The van der Waals surface area contributed by atoms with E-state index in [0.717, 1.165) is 12.8 Å². The number of nitrogens with zero attached hydrogens (tertiary/aromatic N) is 1. The number of nitrogens with one attached hydrogen (secondary N) is 1. The number of unbranched alkanes of at least 4 members (excludes halogenated alkanes) is 3. The number of hydrogen-bond acceptors (Lipinski definition) is 7. The highest BCUT2D eigenvalue weighted by molar-refractivity contribution is 7.32. The molecule has 0 spiro atoms. The second-order valence-electron chi connectivity index (χ2n) is 6.94. The lowest BCUT2D eigenvalue weighted by Gasteiger charge is -2.27. The lowest BCUT2D eigenvalue weighted by molar-refractivity contribution is -0.138. The van der Waals surface area contributed by atoms with Crippen LogP contribution in [0.5, 0.6) is 0 Å². The third-order valence-corrected chi connectivity index (χ3v) is 3.48. The fraction of sp³-hybridized carbons (Fsp3) is 0.765. The quantitative estimate of drug-likeness (QED) is 0.157. The molecule has 0 saturated heterocycles. The molecule has 0 bridgehead atoms. The number of esters is 1. The Morgan fingerprint density at radius 3 is 2.33 bits per heavy atom. The van der Waals surface area contributed by atoms with Gasteiger partial charge < -0.3 is 9.47 Å². The second-order valence-corrected chi connectivity index (χ2v) is 7.68. The molecule has 0 aromatic rings. The van der Waals surface area contributed by atoms with Crippen molar-refractivity contribution in [3.05, 3.63) is 12.2 Å². The van der Waals surface area contributed by atoms with Gasteiger partial charge in [-0.05, 0) is 40.5 Å². The van der Waals surface area contributed by atoms with E-state index in [0.29, 0.717) is 25.0 Å². The van der Waals surface area contributed by atoms with Crippen LogP contribution in [0, 0.1) is 0 Å². The van der Waals surface area contributed by atoms with E-state index in [1.807, 2.05) is 0 Å². The summed E-state index contributed by atoms with van der Waals surface area (Å²) in [5, 5.41) is 1.36. The van der Waals surface area contributed by atoms with Crippen LogP contribution in [0.15, 0.2) is 12.2 Å². The first-order valence-electron chi connectivity index (χ1n) is 8.88. The van der Waals surface area contributed by atoms with Gasteiger partial charge in [-0.25, -0.2) is 20.0 Å². The number of carbonyl (C=O) groups excluding carboxylic acids is 2. The molecule has 1 unspecified atom stereocenters. The first-order chi connectivity index (χ1) is 12.5. The minimum Gasteiger partial charge on any atom is -0.461 e. The highest BCUT2D eigenvalue weighted by atomic mass is 31.1. The van der Waals surface area contributed by atoms with Gasteiger partial charge in [0.1, 0.15) is 18.8 Å². The number of carbonyl (C=O) groups is 2. The van der Waals surface area contributed by atoms with Crippen molar-refractivity contribution in [2.45, 2.75) is 59.0 Å².